The van der Waals surface area contributed by atoms with Crippen LogP contribution in [0.3, 0.4) is 0 Å². The van der Waals surface area contributed by atoms with Crippen LogP contribution in [0.4, 0.5) is 0 Å². The lowest BCUT2D eigenvalue weighted by molar-refractivity contribution is 0.124. The second-order valence-electron chi connectivity index (χ2n) is 4.43. The van der Waals surface area contributed by atoms with Crippen LogP contribution >= 0.6 is 0 Å². The fourth-order valence-electron chi connectivity index (χ4n) is 2.12. The highest BCUT2D eigenvalue weighted by Gasteiger charge is 2.17. The Hall–Kier alpha value is -0.980. The molecule has 6 heteroatoms. The van der Waals surface area contributed by atoms with Gasteiger partial charge >= 0.3 is 0 Å². The molecule has 96 valence electrons. The minimum absolute atomic E-state index is 0.317. The van der Waals surface area contributed by atoms with Crippen LogP contribution in [0.2, 0.25) is 0 Å². The Morgan fingerprint density at radius 3 is 2.53 bits per heavy atom. The van der Waals surface area contributed by atoms with Crippen LogP contribution in [0.15, 0.2) is 4.52 Å². The van der Waals surface area contributed by atoms with Crippen LogP contribution in [-0.4, -0.2) is 52.7 Å². The lowest BCUT2D eigenvalue weighted by Crippen LogP contribution is -2.46. The molecule has 1 aliphatic heterocycles. The highest BCUT2D eigenvalue weighted by atomic mass is 16.5. The maximum atomic E-state index is 5.43. The quantitative estimate of drug-likeness (QED) is 0.783. The largest absolute Gasteiger partial charge is 0.338 e. The van der Waals surface area contributed by atoms with Crippen molar-refractivity contribution in [1.82, 2.24) is 19.9 Å². The van der Waals surface area contributed by atoms with Crippen molar-refractivity contribution in [2.45, 2.75) is 26.4 Å². The van der Waals surface area contributed by atoms with E-state index in [0.29, 0.717) is 12.4 Å². The summed E-state index contributed by atoms with van der Waals surface area (Å²) in [7, 11) is 0. The fraction of sp³-hybridized carbons (Fsp3) is 0.818. The van der Waals surface area contributed by atoms with Gasteiger partial charge < -0.3 is 15.2 Å². The van der Waals surface area contributed by atoms with Crippen molar-refractivity contribution < 1.29 is 4.52 Å². The number of nitrogens with two attached hydrogens (primary N) is 1. The van der Waals surface area contributed by atoms with Gasteiger partial charge in [-0.1, -0.05) is 12.1 Å². The molecule has 0 atom stereocenters. The van der Waals surface area contributed by atoms with Crippen molar-refractivity contribution in [2.75, 3.05) is 32.7 Å². The molecular formula is C11H21N5O. The molecule has 0 saturated carbocycles. The first-order valence-corrected chi connectivity index (χ1v) is 6.28. The van der Waals surface area contributed by atoms with Gasteiger partial charge in [0.05, 0.1) is 13.1 Å². The van der Waals surface area contributed by atoms with Gasteiger partial charge in [0.2, 0.25) is 5.89 Å². The topological polar surface area (TPSA) is 71.4 Å². The zero-order valence-electron chi connectivity index (χ0n) is 10.4. The fourth-order valence-corrected chi connectivity index (χ4v) is 2.12. The molecule has 1 aliphatic rings. The third-order valence-electron chi connectivity index (χ3n) is 3.05. The monoisotopic (exact) mass is 239 g/mol. The number of nitrogens with zero attached hydrogens (tertiary/aromatic N) is 4. The Morgan fingerprint density at radius 2 is 1.94 bits per heavy atom. The maximum absolute atomic E-state index is 5.43. The Labute approximate surface area is 102 Å². The zero-order chi connectivity index (χ0) is 12.1. The van der Waals surface area contributed by atoms with Crippen LogP contribution in [0.1, 0.15) is 25.1 Å². The first-order chi connectivity index (χ1) is 8.31. The number of piperazine rings is 1. The molecule has 1 fully saturated rings. The summed E-state index contributed by atoms with van der Waals surface area (Å²) in [5, 5.41) is 3.92. The standard InChI is InChI=1S/C11H21N5O/c1-2-3-15-4-6-16(7-5-15)9-10-13-11(8-12)17-14-10/h2-9,12H2,1H3. The summed E-state index contributed by atoms with van der Waals surface area (Å²) in [5.74, 6) is 1.26. The average molecular weight is 239 g/mol. The van der Waals surface area contributed by atoms with Crippen LogP contribution < -0.4 is 5.73 Å². The number of hydrogen-bond donors (Lipinski definition) is 1. The molecule has 0 spiro atoms. The molecule has 0 bridgehead atoms. The van der Waals surface area contributed by atoms with E-state index in [-0.39, 0.29) is 0 Å². The summed E-state index contributed by atoms with van der Waals surface area (Å²) >= 11 is 0. The number of hydrogen-bond acceptors (Lipinski definition) is 6. The molecule has 2 heterocycles. The Kier molecular flexibility index (Phi) is 4.47. The molecule has 0 amide bonds. The first-order valence-electron chi connectivity index (χ1n) is 6.28. The molecule has 0 aliphatic carbocycles. The normalized spacial score (nSPS) is 18.7. The maximum Gasteiger partial charge on any atom is 0.240 e. The third kappa shape index (κ3) is 3.49. The lowest BCUT2D eigenvalue weighted by atomic mass is 10.3. The molecule has 0 aromatic carbocycles. The zero-order valence-corrected chi connectivity index (χ0v) is 10.4. The van der Waals surface area contributed by atoms with Gasteiger partial charge in [-0.05, 0) is 13.0 Å². The van der Waals surface area contributed by atoms with E-state index in [1.165, 1.54) is 13.0 Å². The summed E-state index contributed by atoms with van der Waals surface area (Å²) in [6.45, 7) is 8.93. The van der Waals surface area contributed by atoms with Crippen molar-refractivity contribution in [3.05, 3.63) is 11.7 Å². The van der Waals surface area contributed by atoms with Gasteiger partial charge in [-0.25, -0.2) is 0 Å². The van der Waals surface area contributed by atoms with Gasteiger partial charge in [-0.2, -0.15) is 4.98 Å². The summed E-state index contributed by atoms with van der Waals surface area (Å²) < 4.78 is 4.99. The second-order valence-corrected chi connectivity index (χ2v) is 4.43. The molecule has 2 rings (SSSR count). The molecule has 17 heavy (non-hydrogen) atoms. The summed E-state index contributed by atoms with van der Waals surface area (Å²) in [6.07, 6.45) is 1.23. The van der Waals surface area contributed by atoms with E-state index < -0.39 is 0 Å². The molecule has 2 N–H and O–H groups in total. The van der Waals surface area contributed by atoms with Crippen molar-refractivity contribution in [3.8, 4) is 0 Å². The molecule has 6 nitrogen and oxygen atoms in total. The predicted octanol–water partition coefficient (Wildman–Crippen LogP) is 0.0559. The molecule has 1 aromatic rings. The van der Waals surface area contributed by atoms with E-state index in [0.717, 1.165) is 38.5 Å². The van der Waals surface area contributed by atoms with E-state index in [4.69, 9.17) is 10.3 Å². The van der Waals surface area contributed by atoms with Crippen molar-refractivity contribution in [1.29, 1.82) is 0 Å². The second kappa shape index (κ2) is 6.09. The van der Waals surface area contributed by atoms with Crippen LogP contribution in [0.5, 0.6) is 0 Å². The summed E-state index contributed by atoms with van der Waals surface area (Å²) in [5.41, 5.74) is 5.43. The Morgan fingerprint density at radius 1 is 1.24 bits per heavy atom. The van der Waals surface area contributed by atoms with Crippen molar-refractivity contribution >= 4 is 0 Å². The van der Waals surface area contributed by atoms with E-state index >= 15 is 0 Å². The van der Waals surface area contributed by atoms with E-state index in [1.54, 1.807) is 0 Å². The van der Waals surface area contributed by atoms with Crippen molar-refractivity contribution in [2.24, 2.45) is 5.73 Å². The van der Waals surface area contributed by atoms with Crippen LogP contribution in [0, 0.1) is 0 Å². The first kappa shape index (κ1) is 12.5. The molecule has 0 unspecified atom stereocenters. The average Bonchev–Trinajstić information content (AvgIpc) is 2.80. The Balaban J connectivity index is 1.77. The van der Waals surface area contributed by atoms with Gasteiger partial charge in [0.25, 0.3) is 0 Å². The lowest BCUT2D eigenvalue weighted by Gasteiger charge is -2.33. The summed E-state index contributed by atoms with van der Waals surface area (Å²) in [6, 6.07) is 0. The van der Waals surface area contributed by atoms with E-state index in [2.05, 4.69) is 26.9 Å². The highest BCUT2D eigenvalue weighted by Crippen LogP contribution is 2.06. The molecular weight excluding hydrogens is 218 g/mol. The third-order valence-corrected chi connectivity index (χ3v) is 3.05. The van der Waals surface area contributed by atoms with Crippen molar-refractivity contribution in [3.63, 3.8) is 0 Å². The minimum Gasteiger partial charge on any atom is -0.338 e. The number of aromatic nitrogens is 2. The molecule has 0 radical (unpaired) electrons. The van der Waals surface area contributed by atoms with Gasteiger partial charge in [0.15, 0.2) is 5.82 Å². The van der Waals surface area contributed by atoms with E-state index in [1.807, 2.05) is 0 Å². The smallest absolute Gasteiger partial charge is 0.240 e. The minimum atomic E-state index is 0.317. The SMILES string of the molecule is CCCN1CCN(Cc2noc(CN)n2)CC1. The molecule has 1 aromatic heterocycles. The van der Waals surface area contributed by atoms with Gasteiger partial charge in [0.1, 0.15) is 0 Å². The predicted molar refractivity (Wildman–Crippen MR) is 64.2 cm³/mol. The van der Waals surface area contributed by atoms with Crippen LogP contribution in [0.25, 0.3) is 0 Å². The number of rotatable bonds is 5. The van der Waals surface area contributed by atoms with E-state index in [9.17, 15) is 0 Å². The highest BCUT2D eigenvalue weighted by molar-refractivity contribution is 4.86. The Bertz CT molecular complexity index is 332. The van der Waals surface area contributed by atoms with Crippen LogP contribution in [-0.2, 0) is 13.1 Å². The van der Waals surface area contributed by atoms with Gasteiger partial charge in [0, 0.05) is 26.2 Å². The van der Waals surface area contributed by atoms with Gasteiger partial charge in [-0.15, -0.1) is 0 Å². The van der Waals surface area contributed by atoms with Gasteiger partial charge in [-0.3, -0.25) is 4.90 Å². The molecule has 1 saturated heterocycles. The summed E-state index contributed by atoms with van der Waals surface area (Å²) in [4.78, 5) is 9.08.